The van der Waals surface area contributed by atoms with E-state index in [2.05, 4.69) is 21.9 Å². The maximum Gasteiger partial charge on any atom is 0.295 e. The topological polar surface area (TPSA) is 120 Å². The Kier molecular flexibility index (Phi) is 6.71. The van der Waals surface area contributed by atoms with Crippen molar-refractivity contribution in [1.82, 2.24) is 9.78 Å². The van der Waals surface area contributed by atoms with Crippen molar-refractivity contribution < 1.29 is 14.5 Å². The Bertz CT molecular complexity index is 1640. The van der Waals surface area contributed by atoms with Crippen molar-refractivity contribution in [1.29, 1.82) is 0 Å². The number of hydrogen-bond donors (Lipinski definition) is 1. The number of ether oxygens (including phenoxy) is 1. The highest BCUT2D eigenvalue weighted by Crippen LogP contribution is 2.32. The summed E-state index contributed by atoms with van der Waals surface area (Å²) >= 11 is 0. The van der Waals surface area contributed by atoms with Crippen LogP contribution in [0.3, 0.4) is 0 Å². The van der Waals surface area contributed by atoms with Crippen molar-refractivity contribution in [2.75, 3.05) is 36.5 Å². The van der Waals surface area contributed by atoms with Crippen LogP contribution < -0.4 is 15.8 Å². The van der Waals surface area contributed by atoms with Gasteiger partial charge in [-0.15, -0.1) is 0 Å². The molecule has 38 heavy (non-hydrogen) atoms. The molecule has 1 aromatic heterocycles. The fourth-order valence-electron chi connectivity index (χ4n) is 4.60. The smallest absolute Gasteiger partial charge is 0.295 e. The van der Waals surface area contributed by atoms with Crippen molar-refractivity contribution >= 4 is 39.8 Å². The Morgan fingerprint density at radius 3 is 2.53 bits per heavy atom. The summed E-state index contributed by atoms with van der Waals surface area (Å²) in [4.78, 5) is 39.0. The molecular weight excluding hydrogens is 486 g/mol. The molecule has 1 N–H and O–H groups in total. The fourth-order valence-corrected chi connectivity index (χ4v) is 4.60. The third-order valence-corrected chi connectivity index (χ3v) is 6.35. The lowest BCUT2D eigenvalue weighted by Crippen LogP contribution is -2.36. The monoisotopic (exact) mass is 511 g/mol. The number of nitro benzene ring substituents is 1. The van der Waals surface area contributed by atoms with Crippen molar-refractivity contribution in [3.05, 3.63) is 93.3 Å². The second-order valence-corrected chi connectivity index (χ2v) is 8.87. The van der Waals surface area contributed by atoms with Crippen LogP contribution in [0.5, 0.6) is 0 Å². The van der Waals surface area contributed by atoms with Crippen LogP contribution >= 0.6 is 0 Å². The van der Waals surface area contributed by atoms with E-state index in [-0.39, 0.29) is 17.3 Å². The molecule has 0 unspecified atom stereocenters. The minimum atomic E-state index is -0.519. The van der Waals surface area contributed by atoms with Crippen molar-refractivity contribution in [3.8, 4) is 16.9 Å². The highest BCUT2D eigenvalue weighted by Gasteiger charge is 2.23. The van der Waals surface area contributed by atoms with Gasteiger partial charge in [0.05, 0.1) is 29.2 Å². The summed E-state index contributed by atoms with van der Waals surface area (Å²) in [6, 6.07) is 17.0. The second-order valence-electron chi connectivity index (χ2n) is 8.87. The number of fused-ring (bicyclic) bond motifs is 1. The molecule has 1 saturated heterocycles. The Morgan fingerprint density at radius 2 is 1.84 bits per heavy atom. The van der Waals surface area contributed by atoms with Gasteiger partial charge in [-0.2, -0.15) is 9.78 Å². The maximum absolute atomic E-state index is 13.7. The number of carbonyl (C=O) groups excluding carboxylic acids is 1. The molecule has 10 nitrogen and oxygen atoms in total. The van der Waals surface area contributed by atoms with Crippen molar-refractivity contribution in [2.45, 2.75) is 6.92 Å². The molecule has 2 heterocycles. The van der Waals surface area contributed by atoms with Gasteiger partial charge < -0.3 is 15.0 Å². The van der Waals surface area contributed by atoms with Gasteiger partial charge in [-0.3, -0.25) is 19.7 Å². The van der Waals surface area contributed by atoms with Gasteiger partial charge in [-0.05, 0) is 42.0 Å². The fraction of sp³-hybridized carbons (Fsp3) is 0.179. The van der Waals surface area contributed by atoms with Crippen LogP contribution in [0.25, 0.3) is 33.8 Å². The Labute approximate surface area is 217 Å². The highest BCUT2D eigenvalue weighted by atomic mass is 16.6. The van der Waals surface area contributed by atoms with Crippen LogP contribution in [0.4, 0.5) is 17.1 Å². The van der Waals surface area contributed by atoms with E-state index in [1.807, 2.05) is 6.07 Å². The number of benzene rings is 3. The van der Waals surface area contributed by atoms with E-state index >= 15 is 0 Å². The van der Waals surface area contributed by atoms with Crippen LogP contribution in [0, 0.1) is 10.1 Å². The predicted molar refractivity (Wildman–Crippen MR) is 147 cm³/mol. The van der Waals surface area contributed by atoms with Crippen LogP contribution in [0.15, 0.2) is 72.0 Å². The van der Waals surface area contributed by atoms with Gasteiger partial charge in [0.1, 0.15) is 5.69 Å². The summed E-state index contributed by atoms with van der Waals surface area (Å²) in [5.74, 6) is -0.240. The van der Waals surface area contributed by atoms with Gasteiger partial charge in [0.25, 0.3) is 11.2 Å². The normalized spacial score (nSPS) is 13.3. The molecule has 0 bridgehead atoms. The highest BCUT2D eigenvalue weighted by molar-refractivity contribution is 5.96. The molecule has 0 radical (unpaired) electrons. The number of rotatable bonds is 6. The third kappa shape index (κ3) is 4.76. The van der Waals surface area contributed by atoms with E-state index in [1.165, 1.54) is 13.0 Å². The zero-order valence-electron chi connectivity index (χ0n) is 20.7. The standard InChI is InChI=1S/C28H25N5O5/c1-3-19-14-20(16-21(15-19)29-18(2)34)27-23-6-4-5-7-24(23)28(35)32(30-27)26-17-22(8-9-25(26)33(36)37)31-10-12-38-13-11-31/h3-9,14-17H,1,10-13H2,2H3,(H,29,34). The molecule has 1 amide bonds. The second kappa shape index (κ2) is 10.3. The van der Waals surface area contributed by atoms with E-state index in [1.54, 1.807) is 54.6 Å². The number of amides is 1. The molecule has 0 saturated carbocycles. The summed E-state index contributed by atoms with van der Waals surface area (Å²) in [5, 5.41) is 20.4. The summed E-state index contributed by atoms with van der Waals surface area (Å²) < 4.78 is 6.53. The minimum Gasteiger partial charge on any atom is -0.378 e. The first-order chi connectivity index (χ1) is 18.4. The largest absolute Gasteiger partial charge is 0.378 e. The van der Waals surface area contributed by atoms with Crippen LogP contribution in [0.2, 0.25) is 0 Å². The molecule has 0 atom stereocenters. The average Bonchev–Trinajstić information content (AvgIpc) is 2.93. The van der Waals surface area contributed by atoms with Gasteiger partial charge >= 0.3 is 0 Å². The molecule has 0 aliphatic carbocycles. The lowest BCUT2D eigenvalue weighted by atomic mass is 10.0. The van der Waals surface area contributed by atoms with Gasteiger partial charge in [0, 0.05) is 48.4 Å². The molecule has 5 rings (SSSR count). The van der Waals surface area contributed by atoms with Gasteiger partial charge in [-0.25, -0.2) is 0 Å². The number of nitro groups is 1. The number of carbonyl (C=O) groups is 1. The molecule has 4 aromatic rings. The number of nitrogens with zero attached hydrogens (tertiary/aromatic N) is 4. The Morgan fingerprint density at radius 1 is 1.11 bits per heavy atom. The zero-order valence-corrected chi connectivity index (χ0v) is 20.7. The van der Waals surface area contributed by atoms with E-state index in [0.717, 1.165) is 15.9 Å². The lowest BCUT2D eigenvalue weighted by molar-refractivity contribution is -0.384. The first-order valence-electron chi connectivity index (χ1n) is 12.0. The van der Waals surface area contributed by atoms with E-state index in [0.29, 0.717) is 54.0 Å². The van der Waals surface area contributed by atoms with Crippen LogP contribution in [-0.2, 0) is 9.53 Å². The van der Waals surface area contributed by atoms with Crippen LogP contribution in [-0.4, -0.2) is 46.9 Å². The molecule has 1 fully saturated rings. The molecule has 1 aliphatic heterocycles. The molecule has 0 spiro atoms. The average molecular weight is 512 g/mol. The predicted octanol–water partition coefficient (Wildman–Crippen LogP) is 4.40. The molecule has 3 aromatic carbocycles. The van der Waals surface area contributed by atoms with Crippen molar-refractivity contribution in [3.63, 3.8) is 0 Å². The van der Waals surface area contributed by atoms with Gasteiger partial charge in [0.15, 0.2) is 0 Å². The SMILES string of the molecule is C=Cc1cc(NC(C)=O)cc(-c2nn(-c3cc(N4CCOCC4)ccc3[N+](=O)[O-])c(=O)c3ccccc23)c1. The third-order valence-electron chi connectivity index (χ3n) is 6.35. The maximum atomic E-state index is 13.7. The molecular formula is C28H25N5O5. The lowest BCUT2D eigenvalue weighted by Gasteiger charge is -2.29. The Hall–Kier alpha value is -4.83. The number of aromatic nitrogens is 2. The van der Waals surface area contributed by atoms with Gasteiger partial charge in [-0.1, -0.05) is 30.9 Å². The number of nitrogens with one attached hydrogen (secondary N) is 1. The number of anilines is 2. The summed E-state index contributed by atoms with van der Waals surface area (Å²) in [7, 11) is 0. The van der Waals surface area contributed by atoms with Crippen LogP contribution in [0.1, 0.15) is 12.5 Å². The number of morpholine rings is 1. The number of hydrogen-bond acceptors (Lipinski definition) is 7. The Balaban J connectivity index is 1.78. The summed E-state index contributed by atoms with van der Waals surface area (Å²) in [5.41, 5.74) is 2.40. The quantitative estimate of drug-likeness (QED) is 0.301. The molecule has 10 heteroatoms. The van der Waals surface area contributed by atoms with E-state index in [9.17, 15) is 19.7 Å². The van der Waals surface area contributed by atoms with Gasteiger partial charge in [0.2, 0.25) is 5.91 Å². The minimum absolute atomic E-state index is 0.0676. The molecule has 1 aliphatic rings. The summed E-state index contributed by atoms with van der Waals surface area (Å²) in [6.45, 7) is 7.59. The summed E-state index contributed by atoms with van der Waals surface area (Å²) in [6.07, 6.45) is 1.64. The molecule has 192 valence electrons. The first-order valence-corrected chi connectivity index (χ1v) is 12.0. The van der Waals surface area contributed by atoms with Crippen molar-refractivity contribution in [2.24, 2.45) is 0 Å². The van der Waals surface area contributed by atoms with E-state index < -0.39 is 10.5 Å². The zero-order chi connectivity index (χ0) is 26.8. The first kappa shape index (κ1) is 24.8. The van der Waals surface area contributed by atoms with E-state index in [4.69, 9.17) is 4.74 Å².